The number of anilines is 2. The Hall–Kier alpha value is -1.89. The molecular formula is C14H21N5O2. The number of hydrogen-bond donors (Lipinski definition) is 2. The van der Waals surface area contributed by atoms with E-state index in [2.05, 4.69) is 22.1 Å². The molecule has 0 aliphatic carbocycles. The van der Waals surface area contributed by atoms with Gasteiger partial charge in [0, 0.05) is 30.7 Å². The Balaban J connectivity index is 1.83. The van der Waals surface area contributed by atoms with Gasteiger partial charge in [0.15, 0.2) is 0 Å². The van der Waals surface area contributed by atoms with Crippen LogP contribution in [0.1, 0.15) is 32.6 Å². The molecule has 0 amide bonds. The fourth-order valence-corrected chi connectivity index (χ4v) is 3.66. The Kier molecular flexibility index (Phi) is 3.67. The predicted molar refractivity (Wildman–Crippen MR) is 81.3 cm³/mol. The van der Waals surface area contributed by atoms with Crippen molar-refractivity contribution in [1.82, 2.24) is 10.3 Å². The second-order valence-corrected chi connectivity index (χ2v) is 5.88. The zero-order chi connectivity index (χ0) is 15.0. The summed E-state index contributed by atoms with van der Waals surface area (Å²) in [5, 5.41) is 14.5. The van der Waals surface area contributed by atoms with Crippen molar-refractivity contribution in [3.05, 3.63) is 22.2 Å². The minimum Gasteiger partial charge on any atom is -0.378 e. The number of rotatable bonds is 4. The van der Waals surface area contributed by atoms with Gasteiger partial charge in [-0.1, -0.05) is 0 Å². The summed E-state index contributed by atoms with van der Waals surface area (Å²) in [6, 6.07) is 4.79. The largest absolute Gasteiger partial charge is 0.378 e. The molecule has 2 fully saturated rings. The molecule has 3 rings (SSSR count). The summed E-state index contributed by atoms with van der Waals surface area (Å²) < 4.78 is 0. The number of nitrogens with two attached hydrogens (primary N) is 1. The van der Waals surface area contributed by atoms with E-state index in [1.54, 1.807) is 6.07 Å². The molecule has 2 aliphatic heterocycles. The molecule has 0 aromatic carbocycles. The van der Waals surface area contributed by atoms with Gasteiger partial charge >= 0.3 is 5.69 Å². The third-order valence-electron chi connectivity index (χ3n) is 4.61. The highest BCUT2D eigenvalue weighted by molar-refractivity contribution is 5.58. The molecule has 7 nitrogen and oxygen atoms in total. The number of nitrogens with one attached hydrogen (secondary N) is 1. The van der Waals surface area contributed by atoms with Crippen LogP contribution < -0.4 is 16.0 Å². The molecule has 2 bridgehead atoms. The average molecular weight is 291 g/mol. The van der Waals surface area contributed by atoms with Gasteiger partial charge in [-0.3, -0.25) is 10.1 Å². The summed E-state index contributed by atoms with van der Waals surface area (Å²) in [4.78, 5) is 16.8. The standard InChI is InChI=1S/C14H21N5O2/c1-2-18(11-7-9-3-4-10(8-11)16-9)13-6-5-12(19(20)21)14(15)17-13/h5-6,9-11,16H,2-4,7-8H2,1H3,(H2,15,17). The van der Waals surface area contributed by atoms with Gasteiger partial charge in [0.2, 0.25) is 5.82 Å². The highest BCUT2D eigenvalue weighted by Gasteiger charge is 2.36. The topological polar surface area (TPSA) is 97.3 Å². The summed E-state index contributed by atoms with van der Waals surface area (Å²) in [5.74, 6) is 0.736. The quantitative estimate of drug-likeness (QED) is 0.647. The van der Waals surface area contributed by atoms with E-state index in [1.807, 2.05) is 0 Å². The van der Waals surface area contributed by atoms with Crippen molar-refractivity contribution in [3.8, 4) is 0 Å². The van der Waals surface area contributed by atoms with E-state index in [1.165, 1.54) is 18.9 Å². The molecular weight excluding hydrogens is 270 g/mol. The van der Waals surface area contributed by atoms with Gasteiger partial charge < -0.3 is 16.0 Å². The van der Waals surface area contributed by atoms with Crippen LogP contribution in [0.4, 0.5) is 17.3 Å². The van der Waals surface area contributed by atoms with E-state index >= 15 is 0 Å². The third-order valence-corrected chi connectivity index (χ3v) is 4.61. The Labute approximate surface area is 123 Å². The van der Waals surface area contributed by atoms with Crippen molar-refractivity contribution in [2.24, 2.45) is 0 Å². The Morgan fingerprint density at radius 2 is 2.10 bits per heavy atom. The number of piperidine rings is 1. The highest BCUT2D eigenvalue weighted by Crippen LogP contribution is 2.32. The van der Waals surface area contributed by atoms with Gasteiger partial charge in [0.05, 0.1) is 4.92 Å². The maximum Gasteiger partial charge on any atom is 0.311 e. The second kappa shape index (κ2) is 5.48. The van der Waals surface area contributed by atoms with Crippen LogP contribution in [-0.4, -0.2) is 34.6 Å². The first-order chi connectivity index (χ1) is 10.1. The lowest BCUT2D eigenvalue weighted by Gasteiger charge is -2.38. The first-order valence-electron chi connectivity index (χ1n) is 7.52. The van der Waals surface area contributed by atoms with E-state index in [9.17, 15) is 10.1 Å². The van der Waals surface area contributed by atoms with Crippen LogP contribution >= 0.6 is 0 Å². The molecule has 21 heavy (non-hydrogen) atoms. The number of nitrogens with zero attached hydrogens (tertiary/aromatic N) is 3. The smallest absolute Gasteiger partial charge is 0.311 e. The van der Waals surface area contributed by atoms with Crippen LogP contribution in [0.5, 0.6) is 0 Å². The molecule has 7 heteroatoms. The number of nitro groups is 1. The Morgan fingerprint density at radius 3 is 2.62 bits per heavy atom. The predicted octanol–water partition coefficient (Wildman–Crippen LogP) is 1.68. The Morgan fingerprint density at radius 1 is 1.43 bits per heavy atom. The first kappa shape index (κ1) is 14.1. The van der Waals surface area contributed by atoms with E-state index < -0.39 is 4.92 Å². The molecule has 2 saturated heterocycles. The van der Waals surface area contributed by atoms with Gasteiger partial charge in [0.1, 0.15) is 5.82 Å². The first-order valence-corrected chi connectivity index (χ1v) is 7.52. The zero-order valence-corrected chi connectivity index (χ0v) is 12.2. The highest BCUT2D eigenvalue weighted by atomic mass is 16.6. The summed E-state index contributed by atoms with van der Waals surface area (Å²) in [5.41, 5.74) is 5.59. The van der Waals surface area contributed by atoms with Crippen LogP contribution in [0.15, 0.2) is 12.1 Å². The number of fused-ring (bicyclic) bond motifs is 2. The minimum absolute atomic E-state index is 0.00661. The van der Waals surface area contributed by atoms with Gasteiger partial charge in [-0.05, 0) is 38.7 Å². The molecule has 2 aliphatic rings. The molecule has 1 aromatic rings. The molecule has 2 atom stereocenters. The van der Waals surface area contributed by atoms with Gasteiger partial charge in [-0.25, -0.2) is 4.98 Å². The lowest BCUT2D eigenvalue weighted by molar-refractivity contribution is -0.384. The average Bonchev–Trinajstić information content (AvgIpc) is 2.78. The van der Waals surface area contributed by atoms with Crippen molar-refractivity contribution in [1.29, 1.82) is 0 Å². The maximum absolute atomic E-state index is 10.8. The fourth-order valence-electron chi connectivity index (χ4n) is 3.66. The van der Waals surface area contributed by atoms with Gasteiger partial charge in [0.25, 0.3) is 0 Å². The van der Waals surface area contributed by atoms with Gasteiger partial charge in [-0.2, -0.15) is 0 Å². The normalized spacial score (nSPS) is 27.6. The molecule has 1 aromatic heterocycles. The number of hydrogen-bond acceptors (Lipinski definition) is 6. The second-order valence-electron chi connectivity index (χ2n) is 5.88. The van der Waals surface area contributed by atoms with Crippen molar-refractivity contribution >= 4 is 17.3 Å². The maximum atomic E-state index is 10.8. The van der Waals surface area contributed by atoms with Gasteiger partial charge in [-0.15, -0.1) is 0 Å². The Bertz CT molecular complexity index is 538. The number of nitrogen functional groups attached to an aromatic ring is 1. The summed E-state index contributed by atoms with van der Waals surface area (Å²) >= 11 is 0. The van der Waals surface area contributed by atoms with Crippen molar-refractivity contribution in [2.75, 3.05) is 17.2 Å². The monoisotopic (exact) mass is 291 g/mol. The molecule has 114 valence electrons. The molecule has 3 N–H and O–H groups in total. The summed E-state index contributed by atoms with van der Waals surface area (Å²) in [7, 11) is 0. The molecule has 0 spiro atoms. The lowest BCUT2D eigenvalue weighted by Crippen LogP contribution is -2.48. The lowest BCUT2D eigenvalue weighted by atomic mass is 9.98. The van der Waals surface area contributed by atoms with Crippen LogP contribution in [0.3, 0.4) is 0 Å². The SMILES string of the molecule is CCN(c1ccc([N+](=O)[O-])c(N)n1)C1CC2CCC(C1)N2. The molecule has 3 heterocycles. The zero-order valence-electron chi connectivity index (χ0n) is 12.2. The number of aromatic nitrogens is 1. The summed E-state index contributed by atoms with van der Waals surface area (Å²) in [6.45, 7) is 2.91. The molecule has 0 radical (unpaired) electrons. The number of pyridine rings is 1. The minimum atomic E-state index is -0.493. The molecule has 0 saturated carbocycles. The summed E-state index contributed by atoms with van der Waals surface area (Å²) in [6.07, 6.45) is 4.69. The van der Waals surface area contributed by atoms with Crippen molar-refractivity contribution in [3.63, 3.8) is 0 Å². The van der Waals surface area contributed by atoms with E-state index in [0.717, 1.165) is 25.2 Å². The van der Waals surface area contributed by atoms with Crippen LogP contribution in [0.25, 0.3) is 0 Å². The van der Waals surface area contributed by atoms with E-state index in [-0.39, 0.29) is 11.5 Å². The van der Waals surface area contributed by atoms with E-state index in [4.69, 9.17) is 5.73 Å². The molecule has 2 unspecified atom stereocenters. The van der Waals surface area contributed by atoms with Crippen LogP contribution in [0, 0.1) is 10.1 Å². The van der Waals surface area contributed by atoms with Crippen LogP contribution in [0.2, 0.25) is 0 Å². The third kappa shape index (κ3) is 2.65. The van der Waals surface area contributed by atoms with Crippen molar-refractivity contribution in [2.45, 2.75) is 50.7 Å². The fraction of sp³-hybridized carbons (Fsp3) is 0.643. The van der Waals surface area contributed by atoms with Crippen LogP contribution in [-0.2, 0) is 0 Å². The van der Waals surface area contributed by atoms with Crippen molar-refractivity contribution < 1.29 is 4.92 Å². The van der Waals surface area contributed by atoms with E-state index in [0.29, 0.717) is 18.1 Å².